The Morgan fingerprint density at radius 1 is 1.19 bits per heavy atom. The van der Waals surface area contributed by atoms with Gasteiger partial charge in [0.15, 0.2) is 11.6 Å². The summed E-state index contributed by atoms with van der Waals surface area (Å²) in [6, 6.07) is 12.8. The number of hydrogen-bond acceptors (Lipinski definition) is 6. The van der Waals surface area contributed by atoms with E-state index in [4.69, 9.17) is 0 Å². The molecule has 0 aliphatic heterocycles. The van der Waals surface area contributed by atoms with Crippen LogP contribution in [-0.4, -0.2) is 25.5 Å². The number of nitrogens with zero attached hydrogens (tertiary/aromatic N) is 4. The van der Waals surface area contributed by atoms with Crippen LogP contribution in [0.2, 0.25) is 0 Å². The molecule has 0 saturated carbocycles. The molecule has 1 N–H and O–H groups in total. The van der Waals surface area contributed by atoms with E-state index in [1.165, 1.54) is 6.07 Å². The van der Waals surface area contributed by atoms with Crippen LogP contribution in [0, 0.1) is 10.1 Å². The third-order valence-electron chi connectivity index (χ3n) is 4.00. The van der Waals surface area contributed by atoms with Crippen molar-refractivity contribution >= 4 is 17.2 Å². The summed E-state index contributed by atoms with van der Waals surface area (Å²) in [5.41, 5.74) is 0.894. The van der Waals surface area contributed by atoms with Gasteiger partial charge >= 0.3 is 0 Å². The van der Waals surface area contributed by atoms with Crippen LogP contribution < -0.4 is 5.32 Å². The third kappa shape index (κ3) is 3.44. The molecule has 1 unspecified atom stereocenters. The third-order valence-corrected chi connectivity index (χ3v) is 4.00. The van der Waals surface area contributed by atoms with E-state index in [-0.39, 0.29) is 23.1 Å². The summed E-state index contributed by atoms with van der Waals surface area (Å²) in [4.78, 5) is 23.5. The number of carbonyl (C=O) groups excluding carboxylic acids is 1. The van der Waals surface area contributed by atoms with Gasteiger partial charge in [-0.25, -0.2) is 0 Å². The highest BCUT2D eigenvalue weighted by molar-refractivity contribution is 6.09. The smallest absolute Gasteiger partial charge is 0.293 e. The topological polar surface area (TPSA) is 103 Å². The van der Waals surface area contributed by atoms with Gasteiger partial charge in [0.2, 0.25) is 0 Å². The predicted molar refractivity (Wildman–Crippen MR) is 96.0 cm³/mol. The normalized spacial score (nSPS) is 11.8. The van der Waals surface area contributed by atoms with Crippen LogP contribution in [0.4, 0.5) is 11.4 Å². The van der Waals surface area contributed by atoms with Crippen molar-refractivity contribution in [2.24, 2.45) is 7.05 Å². The molecule has 3 aromatic rings. The maximum atomic E-state index is 12.5. The van der Waals surface area contributed by atoms with E-state index in [9.17, 15) is 14.9 Å². The lowest BCUT2D eigenvalue weighted by atomic mass is 10.0. The van der Waals surface area contributed by atoms with Crippen molar-refractivity contribution < 1.29 is 9.72 Å². The van der Waals surface area contributed by atoms with E-state index in [0.29, 0.717) is 17.1 Å². The molecule has 0 aliphatic carbocycles. The number of nitrogens with one attached hydrogen (secondary N) is 1. The highest BCUT2D eigenvalue weighted by Crippen LogP contribution is 2.29. The fourth-order valence-electron chi connectivity index (χ4n) is 2.68. The van der Waals surface area contributed by atoms with Crippen LogP contribution in [0.25, 0.3) is 0 Å². The van der Waals surface area contributed by atoms with E-state index in [1.54, 1.807) is 60.4 Å². The minimum absolute atomic E-state index is 0.166. The number of aryl methyl sites for hydroxylation is 1. The van der Waals surface area contributed by atoms with Crippen molar-refractivity contribution in [1.82, 2.24) is 14.8 Å². The molecule has 0 amide bonds. The fourth-order valence-corrected chi connectivity index (χ4v) is 2.68. The Morgan fingerprint density at radius 3 is 2.54 bits per heavy atom. The lowest BCUT2D eigenvalue weighted by Gasteiger charge is -2.15. The minimum atomic E-state index is -0.506. The second-order valence-electron chi connectivity index (χ2n) is 5.85. The zero-order valence-electron chi connectivity index (χ0n) is 14.3. The van der Waals surface area contributed by atoms with E-state index in [2.05, 4.69) is 15.5 Å². The monoisotopic (exact) mass is 351 g/mol. The second kappa shape index (κ2) is 7.14. The van der Waals surface area contributed by atoms with Crippen molar-refractivity contribution in [3.8, 4) is 0 Å². The first-order valence-electron chi connectivity index (χ1n) is 7.96. The molecule has 0 fully saturated rings. The summed E-state index contributed by atoms with van der Waals surface area (Å²) in [6.07, 6.45) is 1.56. The van der Waals surface area contributed by atoms with Crippen LogP contribution in [0.5, 0.6) is 0 Å². The van der Waals surface area contributed by atoms with Gasteiger partial charge in [-0.05, 0) is 19.1 Å². The highest BCUT2D eigenvalue weighted by atomic mass is 16.6. The lowest BCUT2D eigenvalue weighted by molar-refractivity contribution is -0.384. The zero-order valence-corrected chi connectivity index (χ0v) is 14.3. The molecule has 0 saturated heterocycles. The Balaban J connectivity index is 1.91. The molecule has 0 radical (unpaired) electrons. The van der Waals surface area contributed by atoms with Gasteiger partial charge in [-0.2, -0.15) is 0 Å². The Kier molecular flexibility index (Phi) is 4.74. The summed E-state index contributed by atoms with van der Waals surface area (Å²) in [5.74, 6) is 0.380. The summed E-state index contributed by atoms with van der Waals surface area (Å²) < 4.78 is 1.73. The van der Waals surface area contributed by atoms with Gasteiger partial charge in [-0.3, -0.25) is 14.9 Å². The first kappa shape index (κ1) is 17.3. The summed E-state index contributed by atoms with van der Waals surface area (Å²) >= 11 is 0. The average molecular weight is 351 g/mol. The second-order valence-corrected chi connectivity index (χ2v) is 5.85. The van der Waals surface area contributed by atoms with E-state index in [1.807, 2.05) is 6.92 Å². The van der Waals surface area contributed by atoms with Crippen molar-refractivity contribution in [3.63, 3.8) is 0 Å². The number of benzene rings is 2. The van der Waals surface area contributed by atoms with E-state index < -0.39 is 4.92 Å². The fraction of sp³-hybridized carbons (Fsp3) is 0.167. The maximum Gasteiger partial charge on any atom is 0.293 e. The molecular formula is C18H17N5O3. The molecule has 1 heterocycles. The molecule has 0 spiro atoms. The minimum Gasteiger partial charge on any atom is -0.370 e. The Labute approximate surface area is 149 Å². The Morgan fingerprint density at radius 2 is 1.92 bits per heavy atom. The molecule has 1 aromatic heterocycles. The molecule has 0 aliphatic rings. The SMILES string of the molecule is CC(Nc1ccc(C(=O)c2ccccc2)cc1[N+](=O)[O-])c1nncn1C. The van der Waals surface area contributed by atoms with Crippen LogP contribution in [0.1, 0.15) is 34.7 Å². The van der Waals surface area contributed by atoms with Crippen LogP contribution in [-0.2, 0) is 7.05 Å². The number of hydrogen-bond donors (Lipinski definition) is 1. The number of ketones is 1. The van der Waals surface area contributed by atoms with Gasteiger partial charge in [0.25, 0.3) is 5.69 Å². The van der Waals surface area contributed by atoms with Crippen LogP contribution >= 0.6 is 0 Å². The zero-order chi connectivity index (χ0) is 18.7. The quantitative estimate of drug-likeness (QED) is 0.416. The highest BCUT2D eigenvalue weighted by Gasteiger charge is 2.21. The number of nitro benzene ring substituents is 1. The molecule has 26 heavy (non-hydrogen) atoms. The number of rotatable bonds is 6. The van der Waals surface area contributed by atoms with Crippen LogP contribution in [0.3, 0.4) is 0 Å². The van der Waals surface area contributed by atoms with Crippen molar-refractivity contribution in [2.45, 2.75) is 13.0 Å². The van der Waals surface area contributed by atoms with Gasteiger partial charge in [-0.1, -0.05) is 30.3 Å². The molecule has 3 rings (SSSR count). The average Bonchev–Trinajstić information content (AvgIpc) is 3.08. The molecule has 2 aromatic carbocycles. The number of nitro groups is 1. The molecule has 0 bridgehead atoms. The standard InChI is InChI=1S/C18H17N5O3/c1-12(18-21-19-11-22(18)2)20-15-9-8-14(10-16(15)23(25)26)17(24)13-6-4-3-5-7-13/h3-12,20H,1-2H3. The predicted octanol–water partition coefficient (Wildman–Crippen LogP) is 3.13. The maximum absolute atomic E-state index is 12.5. The number of anilines is 1. The summed E-state index contributed by atoms with van der Waals surface area (Å²) in [5, 5.41) is 22.4. The molecule has 8 heteroatoms. The van der Waals surface area contributed by atoms with E-state index >= 15 is 0 Å². The number of carbonyl (C=O) groups is 1. The first-order chi connectivity index (χ1) is 12.5. The van der Waals surface area contributed by atoms with Gasteiger partial charge < -0.3 is 9.88 Å². The van der Waals surface area contributed by atoms with Gasteiger partial charge in [0, 0.05) is 24.2 Å². The van der Waals surface area contributed by atoms with Crippen LogP contribution in [0.15, 0.2) is 54.9 Å². The van der Waals surface area contributed by atoms with E-state index in [0.717, 1.165) is 0 Å². The lowest BCUT2D eigenvalue weighted by Crippen LogP contribution is -2.13. The molecule has 1 atom stereocenters. The van der Waals surface area contributed by atoms with Crippen molar-refractivity contribution in [1.29, 1.82) is 0 Å². The largest absolute Gasteiger partial charge is 0.370 e. The summed E-state index contributed by atoms with van der Waals surface area (Å²) in [6.45, 7) is 1.83. The van der Waals surface area contributed by atoms with Gasteiger partial charge in [0.1, 0.15) is 12.0 Å². The van der Waals surface area contributed by atoms with Crippen molar-refractivity contribution in [2.75, 3.05) is 5.32 Å². The summed E-state index contributed by atoms with van der Waals surface area (Å²) in [7, 11) is 1.80. The first-order valence-corrected chi connectivity index (χ1v) is 7.96. The Bertz CT molecular complexity index is 952. The molecular weight excluding hydrogens is 334 g/mol. The number of aromatic nitrogens is 3. The molecule has 8 nitrogen and oxygen atoms in total. The Hall–Kier alpha value is -3.55. The molecule has 132 valence electrons. The van der Waals surface area contributed by atoms with Gasteiger partial charge in [0.05, 0.1) is 11.0 Å². The van der Waals surface area contributed by atoms with Crippen molar-refractivity contribution in [3.05, 3.63) is 81.9 Å². The van der Waals surface area contributed by atoms with Gasteiger partial charge in [-0.15, -0.1) is 10.2 Å².